The molecule has 1 aromatic heterocycles. The Labute approximate surface area is 145 Å². The number of ether oxygens (including phenoxy) is 1. The SMILES string of the molecule is Cc1ccc(CN(C(=O)c2ccc3c(c2)OCC(=O)N3)C2CC2)cn1. The number of benzene rings is 1. The maximum absolute atomic E-state index is 13.0. The second-order valence-electron chi connectivity index (χ2n) is 6.52. The van der Waals surface area contributed by atoms with Crippen molar-refractivity contribution < 1.29 is 14.3 Å². The standard InChI is InChI=1S/C19H19N3O3/c1-12-2-3-13(9-20-12)10-22(15-5-6-15)19(24)14-4-7-16-17(8-14)25-11-18(23)21-16/h2-4,7-9,15H,5-6,10-11H2,1H3,(H,21,23). The van der Waals surface area contributed by atoms with Gasteiger partial charge in [0.25, 0.3) is 11.8 Å². The summed E-state index contributed by atoms with van der Waals surface area (Å²) >= 11 is 0. The Morgan fingerprint density at radius 3 is 2.88 bits per heavy atom. The van der Waals surface area contributed by atoms with Gasteiger partial charge in [0.1, 0.15) is 5.75 Å². The van der Waals surface area contributed by atoms with Crippen LogP contribution >= 0.6 is 0 Å². The van der Waals surface area contributed by atoms with Gasteiger partial charge in [-0.05, 0) is 49.6 Å². The average molecular weight is 337 g/mol. The van der Waals surface area contributed by atoms with Crippen molar-refractivity contribution in [1.82, 2.24) is 9.88 Å². The number of aromatic nitrogens is 1. The largest absolute Gasteiger partial charge is 0.482 e. The van der Waals surface area contributed by atoms with Crippen molar-refractivity contribution >= 4 is 17.5 Å². The third-order valence-electron chi connectivity index (χ3n) is 4.44. The topological polar surface area (TPSA) is 71.5 Å². The number of hydrogen-bond donors (Lipinski definition) is 1. The molecule has 25 heavy (non-hydrogen) atoms. The smallest absolute Gasteiger partial charge is 0.262 e. The van der Waals surface area contributed by atoms with Gasteiger partial charge in [0.2, 0.25) is 0 Å². The molecule has 6 nitrogen and oxygen atoms in total. The summed E-state index contributed by atoms with van der Waals surface area (Å²) in [5, 5.41) is 2.74. The minimum absolute atomic E-state index is 0.0218. The van der Waals surface area contributed by atoms with E-state index < -0.39 is 0 Å². The molecule has 1 aliphatic heterocycles. The number of nitrogens with one attached hydrogen (secondary N) is 1. The van der Waals surface area contributed by atoms with Crippen molar-refractivity contribution in [3.05, 3.63) is 53.3 Å². The van der Waals surface area contributed by atoms with Gasteiger partial charge in [0.15, 0.2) is 6.61 Å². The first-order valence-corrected chi connectivity index (χ1v) is 8.39. The van der Waals surface area contributed by atoms with Gasteiger partial charge in [0.05, 0.1) is 5.69 Å². The fourth-order valence-corrected chi connectivity index (χ4v) is 2.92. The Bertz CT molecular complexity index is 828. The fraction of sp³-hybridized carbons (Fsp3) is 0.316. The van der Waals surface area contributed by atoms with Gasteiger partial charge < -0.3 is 15.0 Å². The fourth-order valence-electron chi connectivity index (χ4n) is 2.92. The van der Waals surface area contributed by atoms with Crippen LogP contribution in [0, 0.1) is 6.92 Å². The van der Waals surface area contributed by atoms with Gasteiger partial charge in [-0.25, -0.2) is 0 Å². The van der Waals surface area contributed by atoms with Gasteiger partial charge in [-0.15, -0.1) is 0 Å². The van der Waals surface area contributed by atoms with E-state index in [-0.39, 0.29) is 24.5 Å². The first-order chi connectivity index (χ1) is 12.1. The van der Waals surface area contributed by atoms with Gasteiger partial charge in [-0.2, -0.15) is 0 Å². The number of amides is 2. The molecule has 128 valence electrons. The van der Waals surface area contributed by atoms with Crippen LogP contribution in [-0.2, 0) is 11.3 Å². The van der Waals surface area contributed by atoms with E-state index in [0.717, 1.165) is 24.1 Å². The Morgan fingerprint density at radius 1 is 1.32 bits per heavy atom. The van der Waals surface area contributed by atoms with Gasteiger partial charge >= 0.3 is 0 Å². The molecule has 0 saturated heterocycles. The zero-order chi connectivity index (χ0) is 17.4. The number of nitrogens with zero attached hydrogens (tertiary/aromatic N) is 2. The van der Waals surface area contributed by atoms with Crippen LogP contribution in [0.4, 0.5) is 5.69 Å². The maximum atomic E-state index is 13.0. The van der Waals surface area contributed by atoms with Crippen LogP contribution in [0.25, 0.3) is 0 Å². The molecule has 0 unspecified atom stereocenters. The highest BCUT2D eigenvalue weighted by Gasteiger charge is 2.33. The van der Waals surface area contributed by atoms with E-state index in [0.29, 0.717) is 23.5 Å². The van der Waals surface area contributed by atoms with Crippen molar-refractivity contribution in [2.45, 2.75) is 32.4 Å². The van der Waals surface area contributed by atoms with E-state index in [1.165, 1.54) is 0 Å². The average Bonchev–Trinajstić information content (AvgIpc) is 3.45. The third kappa shape index (κ3) is 3.33. The van der Waals surface area contributed by atoms with Gasteiger partial charge in [0, 0.05) is 30.0 Å². The molecule has 0 atom stereocenters. The molecular weight excluding hydrogens is 318 g/mol. The number of carbonyl (C=O) groups is 2. The number of hydrogen-bond acceptors (Lipinski definition) is 4. The van der Waals surface area contributed by atoms with Crippen LogP contribution in [0.1, 0.15) is 34.5 Å². The molecule has 1 aromatic carbocycles. The third-order valence-corrected chi connectivity index (χ3v) is 4.44. The molecule has 0 spiro atoms. The summed E-state index contributed by atoms with van der Waals surface area (Å²) in [6, 6.07) is 9.42. The van der Waals surface area contributed by atoms with Crippen LogP contribution in [0.3, 0.4) is 0 Å². The Kier molecular flexibility index (Phi) is 3.87. The molecule has 4 rings (SSSR count). The molecule has 1 saturated carbocycles. The molecule has 1 fully saturated rings. The summed E-state index contributed by atoms with van der Waals surface area (Å²) in [5.41, 5.74) is 3.16. The lowest BCUT2D eigenvalue weighted by atomic mass is 10.1. The summed E-state index contributed by atoms with van der Waals surface area (Å²) in [6.07, 6.45) is 3.88. The van der Waals surface area contributed by atoms with Crippen LogP contribution in [-0.4, -0.2) is 34.3 Å². The molecule has 2 aliphatic rings. The van der Waals surface area contributed by atoms with Crippen molar-refractivity contribution in [2.24, 2.45) is 0 Å². The van der Waals surface area contributed by atoms with Crippen molar-refractivity contribution in [3.63, 3.8) is 0 Å². The lowest BCUT2D eigenvalue weighted by molar-refractivity contribution is -0.118. The predicted octanol–water partition coefficient (Wildman–Crippen LogP) is 2.53. The summed E-state index contributed by atoms with van der Waals surface area (Å²) in [4.78, 5) is 30.6. The lowest BCUT2D eigenvalue weighted by Gasteiger charge is -2.24. The van der Waals surface area contributed by atoms with E-state index in [4.69, 9.17) is 4.74 Å². The molecular formula is C19H19N3O3. The Balaban J connectivity index is 1.57. The van der Waals surface area contributed by atoms with Crippen LogP contribution < -0.4 is 10.1 Å². The van der Waals surface area contributed by atoms with Crippen LogP contribution in [0.15, 0.2) is 36.5 Å². The zero-order valence-electron chi connectivity index (χ0n) is 14.0. The molecule has 2 aromatic rings. The van der Waals surface area contributed by atoms with E-state index in [2.05, 4.69) is 10.3 Å². The van der Waals surface area contributed by atoms with E-state index >= 15 is 0 Å². The number of fused-ring (bicyclic) bond motifs is 1. The minimum atomic E-state index is -0.182. The molecule has 6 heteroatoms. The van der Waals surface area contributed by atoms with Crippen LogP contribution in [0.5, 0.6) is 5.75 Å². The van der Waals surface area contributed by atoms with E-state index in [1.807, 2.05) is 30.2 Å². The van der Waals surface area contributed by atoms with E-state index in [9.17, 15) is 9.59 Å². The minimum Gasteiger partial charge on any atom is -0.482 e. The van der Waals surface area contributed by atoms with Crippen molar-refractivity contribution in [3.8, 4) is 5.75 Å². The highest BCUT2D eigenvalue weighted by atomic mass is 16.5. The number of rotatable bonds is 4. The summed E-state index contributed by atoms with van der Waals surface area (Å²) in [6.45, 7) is 2.47. The highest BCUT2D eigenvalue weighted by molar-refractivity contribution is 5.99. The first kappa shape index (κ1) is 15.6. The molecule has 0 radical (unpaired) electrons. The second-order valence-corrected chi connectivity index (χ2v) is 6.52. The first-order valence-electron chi connectivity index (χ1n) is 8.39. The second kappa shape index (κ2) is 6.20. The number of carbonyl (C=O) groups excluding carboxylic acids is 2. The number of pyridine rings is 1. The van der Waals surface area contributed by atoms with Gasteiger partial charge in [-0.3, -0.25) is 14.6 Å². The monoisotopic (exact) mass is 337 g/mol. The predicted molar refractivity (Wildman–Crippen MR) is 92.4 cm³/mol. The van der Waals surface area contributed by atoms with E-state index in [1.54, 1.807) is 18.2 Å². The zero-order valence-corrected chi connectivity index (χ0v) is 14.0. The molecule has 0 bridgehead atoms. The van der Waals surface area contributed by atoms with Crippen molar-refractivity contribution in [2.75, 3.05) is 11.9 Å². The quantitative estimate of drug-likeness (QED) is 0.930. The normalized spacial score (nSPS) is 15.8. The number of aryl methyl sites for hydroxylation is 1. The summed E-state index contributed by atoms with van der Waals surface area (Å²) in [7, 11) is 0. The van der Waals surface area contributed by atoms with Gasteiger partial charge in [-0.1, -0.05) is 6.07 Å². The maximum Gasteiger partial charge on any atom is 0.262 e. The Morgan fingerprint density at radius 2 is 2.16 bits per heavy atom. The van der Waals surface area contributed by atoms with Crippen molar-refractivity contribution in [1.29, 1.82) is 0 Å². The lowest BCUT2D eigenvalue weighted by Crippen LogP contribution is -2.33. The molecule has 1 N–H and O–H groups in total. The number of anilines is 1. The Hall–Kier alpha value is -2.89. The summed E-state index contributed by atoms with van der Waals surface area (Å²) in [5.74, 6) is 0.336. The highest BCUT2D eigenvalue weighted by Crippen LogP contribution is 2.33. The molecule has 2 heterocycles. The molecule has 2 amide bonds. The summed E-state index contributed by atoms with van der Waals surface area (Å²) < 4.78 is 5.42. The van der Waals surface area contributed by atoms with Crippen LogP contribution in [0.2, 0.25) is 0 Å². The molecule has 1 aliphatic carbocycles.